The third-order valence-electron chi connectivity index (χ3n) is 6.14. The minimum absolute atomic E-state index is 0.0428. The Morgan fingerprint density at radius 3 is 2.88 bits per heavy atom. The van der Waals surface area contributed by atoms with Crippen molar-refractivity contribution in [1.29, 1.82) is 0 Å². The highest BCUT2D eigenvalue weighted by atomic mass is 35.5. The molecule has 1 fully saturated rings. The molecule has 1 unspecified atom stereocenters. The second kappa shape index (κ2) is 6.78. The van der Waals surface area contributed by atoms with E-state index in [1.54, 1.807) is 0 Å². The molecule has 140 valence electrons. The summed E-state index contributed by atoms with van der Waals surface area (Å²) in [6.07, 6.45) is 4.14. The van der Waals surface area contributed by atoms with Gasteiger partial charge in [0.1, 0.15) is 0 Å². The van der Waals surface area contributed by atoms with E-state index in [4.69, 9.17) is 11.6 Å². The number of H-pyrrole nitrogens is 1. The number of benzene rings is 1. The molecule has 0 bridgehead atoms. The van der Waals surface area contributed by atoms with Crippen LogP contribution in [0.4, 0.5) is 4.79 Å². The fourth-order valence-corrected chi connectivity index (χ4v) is 5.08. The highest BCUT2D eigenvalue weighted by Gasteiger charge is 2.40. The predicted octanol–water partition coefficient (Wildman–Crippen LogP) is 3.59. The van der Waals surface area contributed by atoms with Gasteiger partial charge in [-0.3, -0.25) is 0 Å². The number of carbonyl (C=O) groups is 1. The van der Waals surface area contributed by atoms with Crippen LogP contribution in [0.15, 0.2) is 18.3 Å². The molecule has 0 saturated carbocycles. The number of urea groups is 1. The second-order valence-corrected chi connectivity index (χ2v) is 8.04. The van der Waals surface area contributed by atoms with Crippen molar-refractivity contribution in [1.82, 2.24) is 20.1 Å². The Bertz CT molecular complexity index is 829. The van der Waals surface area contributed by atoms with E-state index in [2.05, 4.69) is 34.5 Å². The van der Waals surface area contributed by atoms with Crippen LogP contribution in [0.3, 0.4) is 0 Å². The van der Waals surface area contributed by atoms with Crippen LogP contribution in [0.2, 0.25) is 5.02 Å². The minimum Gasteiger partial charge on any atom is -0.361 e. The molecule has 5 nitrogen and oxygen atoms in total. The molecular weight excluding hydrogens is 348 g/mol. The Balaban J connectivity index is 1.63. The summed E-state index contributed by atoms with van der Waals surface area (Å²) in [5.41, 5.74) is 3.83. The Hall–Kier alpha value is -1.72. The normalized spacial score (nSPS) is 25.2. The Morgan fingerprint density at radius 2 is 2.15 bits per heavy atom. The van der Waals surface area contributed by atoms with Gasteiger partial charge in [-0.15, -0.1) is 0 Å². The van der Waals surface area contributed by atoms with E-state index in [-0.39, 0.29) is 12.1 Å². The van der Waals surface area contributed by atoms with Gasteiger partial charge < -0.3 is 20.1 Å². The lowest BCUT2D eigenvalue weighted by Gasteiger charge is -2.46. The van der Waals surface area contributed by atoms with Gasteiger partial charge in [-0.05, 0) is 57.0 Å². The highest BCUT2D eigenvalue weighted by molar-refractivity contribution is 6.31. The number of amides is 2. The summed E-state index contributed by atoms with van der Waals surface area (Å²) in [5, 5.41) is 5.36. The molecule has 1 saturated heterocycles. The van der Waals surface area contributed by atoms with Gasteiger partial charge in [0.2, 0.25) is 0 Å². The van der Waals surface area contributed by atoms with Crippen LogP contribution >= 0.6 is 11.6 Å². The zero-order valence-corrected chi connectivity index (χ0v) is 16.4. The SMILES string of the molecule is CCN(CC)C(=O)N[C@H]1CC2c3cc(Cl)cc4[nH]cc(c34)C[C@H]2N(C)C1. The average molecular weight is 375 g/mol. The van der Waals surface area contributed by atoms with Crippen molar-refractivity contribution in [2.75, 3.05) is 26.7 Å². The molecule has 1 aliphatic heterocycles. The van der Waals surface area contributed by atoms with Gasteiger partial charge in [0.25, 0.3) is 0 Å². The molecular formula is C20H27ClN4O. The van der Waals surface area contributed by atoms with Crippen LogP contribution < -0.4 is 5.32 Å². The summed E-state index contributed by atoms with van der Waals surface area (Å²) < 4.78 is 0. The maximum atomic E-state index is 12.5. The number of likely N-dealkylation sites (tertiary alicyclic amines) is 1. The maximum absolute atomic E-state index is 12.5. The van der Waals surface area contributed by atoms with Gasteiger partial charge in [-0.25, -0.2) is 4.79 Å². The smallest absolute Gasteiger partial charge is 0.317 e. The predicted molar refractivity (Wildman–Crippen MR) is 106 cm³/mol. The van der Waals surface area contributed by atoms with E-state index >= 15 is 0 Å². The summed E-state index contributed by atoms with van der Waals surface area (Å²) in [7, 11) is 2.17. The molecule has 0 spiro atoms. The number of nitrogens with one attached hydrogen (secondary N) is 2. The number of aromatic nitrogens is 1. The molecule has 2 heterocycles. The first-order chi connectivity index (χ1) is 12.5. The van der Waals surface area contributed by atoms with Crippen molar-refractivity contribution in [2.24, 2.45) is 0 Å². The molecule has 2 aromatic rings. The Morgan fingerprint density at radius 1 is 1.38 bits per heavy atom. The van der Waals surface area contributed by atoms with Crippen LogP contribution in [0.1, 0.15) is 37.3 Å². The molecule has 26 heavy (non-hydrogen) atoms. The molecule has 1 aromatic carbocycles. The lowest BCUT2D eigenvalue weighted by Crippen LogP contribution is -2.56. The molecule has 0 radical (unpaired) electrons. The van der Waals surface area contributed by atoms with Crippen molar-refractivity contribution >= 4 is 28.5 Å². The molecule has 2 N–H and O–H groups in total. The van der Waals surface area contributed by atoms with E-state index in [1.165, 1.54) is 16.5 Å². The van der Waals surface area contributed by atoms with Crippen LogP contribution in [0.5, 0.6) is 0 Å². The number of likely N-dealkylation sites (N-methyl/N-ethyl adjacent to an activating group) is 1. The van der Waals surface area contributed by atoms with E-state index in [0.29, 0.717) is 12.0 Å². The van der Waals surface area contributed by atoms with Gasteiger partial charge >= 0.3 is 6.03 Å². The number of hydrogen-bond donors (Lipinski definition) is 2. The fraction of sp³-hybridized carbons (Fsp3) is 0.550. The first kappa shape index (κ1) is 17.7. The summed E-state index contributed by atoms with van der Waals surface area (Å²) in [5.74, 6) is 0.389. The van der Waals surface area contributed by atoms with E-state index in [0.717, 1.165) is 43.0 Å². The number of nitrogens with zero attached hydrogens (tertiary/aromatic N) is 2. The quantitative estimate of drug-likeness (QED) is 0.862. The topological polar surface area (TPSA) is 51.4 Å². The number of piperidine rings is 1. The molecule has 3 atom stereocenters. The van der Waals surface area contributed by atoms with Crippen molar-refractivity contribution in [3.63, 3.8) is 0 Å². The monoisotopic (exact) mass is 374 g/mol. The fourth-order valence-electron chi connectivity index (χ4n) is 4.86. The van der Waals surface area contributed by atoms with E-state index in [1.807, 2.05) is 24.8 Å². The molecule has 2 aliphatic rings. The lowest BCUT2D eigenvalue weighted by atomic mass is 9.74. The van der Waals surface area contributed by atoms with Crippen molar-refractivity contribution in [3.05, 3.63) is 34.5 Å². The van der Waals surface area contributed by atoms with Crippen molar-refractivity contribution in [2.45, 2.75) is 44.7 Å². The zero-order chi connectivity index (χ0) is 18.4. The Labute approximate surface area is 159 Å². The van der Waals surface area contributed by atoms with Gasteiger partial charge in [0, 0.05) is 59.8 Å². The van der Waals surface area contributed by atoms with Crippen LogP contribution in [-0.4, -0.2) is 59.6 Å². The van der Waals surface area contributed by atoms with Gasteiger partial charge in [-0.1, -0.05) is 11.6 Å². The number of halogens is 1. The van der Waals surface area contributed by atoms with Gasteiger partial charge in [0.05, 0.1) is 0 Å². The van der Waals surface area contributed by atoms with Crippen molar-refractivity contribution in [3.8, 4) is 0 Å². The largest absolute Gasteiger partial charge is 0.361 e. The van der Waals surface area contributed by atoms with Crippen molar-refractivity contribution < 1.29 is 4.79 Å². The first-order valence-corrected chi connectivity index (χ1v) is 9.94. The number of hydrogen-bond acceptors (Lipinski definition) is 2. The third kappa shape index (κ3) is 2.87. The van der Waals surface area contributed by atoms with Gasteiger partial charge in [0.15, 0.2) is 0 Å². The number of rotatable bonds is 3. The van der Waals surface area contributed by atoms with Crippen LogP contribution in [0, 0.1) is 0 Å². The van der Waals surface area contributed by atoms with Crippen LogP contribution in [-0.2, 0) is 6.42 Å². The van der Waals surface area contributed by atoms with E-state index in [9.17, 15) is 4.79 Å². The molecule has 2 amide bonds. The van der Waals surface area contributed by atoms with Gasteiger partial charge in [-0.2, -0.15) is 0 Å². The maximum Gasteiger partial charge on any atom is 0.317 e. The molecule has 1 aromatic heterocycles. The number of carbonyl (C=O) groups excluding carboxylic acids is 1. The average Bonchev–Trinajstić information content (AvgIpc) is 3.00. The number of fused-ring (bicyclic) bond motifs is 2. The highest BCUT2D eigenvalue weighted by Crippen LogP contribution is 2.44. The second-order valence-electron chi connectivity index (χ2n) is 7.60. The lowest BCUT2D eigenvalue weighted by molar-refractivity contribution is 0.124. The standard InChI is InChI=1S/C20H27ClN4O/c1-4-25(5-2)20(26)23-14-9-15-16-7-13(21)8-17-19(16)12(10-22-17)6-18(15)24(3)11-14/h7-8,10,14-15,18,22H,4-6,9,11H2,1-3H3,(H,23,26)/t14-,15?,18+/m0/s1. The van der Waals surface area contributed by atoms with E-state index < -0.39 is 0 Å². The summed E-state index contributed by atoms with van der Waals surface area (Å²) in [6, 6.07) is 4.79. The third-order valence-corrected chi connectivity index (χ3v) is 6.36. The number of aromatic amines is 1. The first-order valence-electron chi connectivity index (χ1n) is 9.56. The molecule has 1 aliphatic carbocycles. The van der Waals surface area contributed by atoms with Crippen LogP contribution in [0.25, 0.3) is 10.9 Å². The molecule has 6 heteroatoms. The molecule has 4 rings (SSSR count). The summed E-state index contributed by atoms with van der Waals surface area (Å²) in [6.45, 7) is 6.39. The summed E-state index contributed by atoms with van der Waals surface area (Å²) in [4.78, 5) is 20.1. The summed E-state index contributed by atoms with van der Waals surface area (Å²) >= 11 is 6.39. The Kier molecular flexibility index (Phi) is 4.61. The zero-order valence-electron chi connectivity index (χ0n) is 15.7. The minimum atomic E-state index is 0.0428.